The SMILES string of the molecule is O=C(Cn1ccc2ccc(Cl)cc21)N1CCCC2=C[C@H]3C[C@@H](CN4CCCC[C@H]34)[C@@H]21. The molecule has 4 atom stereocenters. The molecule has 5 heteroatoms. The van der Waals surface area contributed by atoms with Crippen molar-refractivity contribution in [1.82, 2.24) is 14.4 Å². The van der Waals surface area contributed by atoms with Crippen molar-refractivity contribution >= 4 is 28.4 Å². The Kier molecular flexibility index (Phi) is 4.69. The highest BCUT2D eigenvalue weighted by Crippen LogP contribution is 2.45. The molecule has 0 saturated carbocycles. The Morgan fingerprint density at radius 1 is 1.13 bits per heavy atom. The molecule has 2 aromatic rings. The molecule has 0 N–H and O–H groups in total. The summed E-state index contributed by atoms with van der Waals surface area (Å²) in [6, 6.07) is 9.05. The van der Waals surface area contributed by atoms with Crippen LogP contribution in [0.15, 0.2) is 42.1 Å². The number of hydrogen-bond donors (Lipinski definition) is 0. The second-order valence-electron chi connectivity index (χ2n) is 9.74. The zero-order chi connectivity index (χ0) is 20.2. The number of hydrogen-bond acceptors (Lipinski definition) is 2. The van der Waals surface area contributed by atoms with Gasteiger partial charge in [0.25, 0.3) is 0 Å². The molecule has 0 unspecified atom stereocenters. The second kappa shape index (κ2) is 7.42. The number of nitrogens with zero attached hydrogens (tertiary/aromatic N) is 3. The van der Waals surface area contributed by atoms with Crippen LogP contribution in [0.25, 0.3) is 10.9 Å². The first-order chi connectivity index (χ1) is 14.7. The van der Waals surface area contributed by atoms with Crippen LogP contribution in [-0.4, -0.2) is 52.0 Å². The fraction of sp³-hybridized carbons (Fsp3) is 0.560. The molecular formula is C25H30ClN3O. The minimum absolute atomic E-state index is 0.252. The maximum absolute atomic E-state index is 13.5. The molecule has 3 saturated heterocycles. The number of rotatable bonds is 2. The highest BCUT2D eigenvalue weighted by molar-refractivity contribution is 6.31. The summed E-state index contributed by atoms with van der Waals surface area (Å²) in [4.78, 5) is 18.5. The largest absolute Gasteiger partial charge is 0.338 e. The summed E-state index contributed by atoms with van der Waals surface area (Å²) in [5.41, 5.74) is 2.60. The summed E-state index contributed by atoms with van der Waals surface area (Å²) in [5, 5.41) is 1.85. The summed E-state index contributed by atoms with van der Waals surface area (Å²) in [6.45, 7) is 3.72. The normalized spacial score (nSPS) is 31.2. The van der Waals surface area contributed by atoms with E-state index < -0.39 is 0 Å². The number of piperidine rings is 3. The van der Waals surface area contributed by atoms with Crippen molar-refractivity contribution in [2.75, 3.05) is 19.6 Å². The van der Waals surface area contributed by atoms with Gasteiger partial charge in [0.2, 0.25) is 5.91 Å². The van der Waals surface area contributed by atoms with Crippen molar-refractivity contribution < 1.29 is 4.79 Å². The molecule has 4 nitrogen and oxygen atoms in total. The van der Waals surface area contributed by atoms with Gasteiger partial charge in [-0.05, 0) is 74.1 Å². The predicted molar refractivity (Wildman–Crippen MR) is 121 cm³/mol. The van der Waals surface area contributed by atoms with Gasteiger partial charge in [-0.3, -0.25) is 9.69 Å². The third kappa shape index (κ3) is 3.11. The Bertz CT molecular complexity index is 1010. The van der Waals surface area contributed by atoms with Crippen LogP contribution in [0, 0.1) is 11.8 Å². The monoisotopic (exact) mass is 423 g/mol. The molecule has 3 aliphatic heterocycles. The molecular weight excluding hydrogens is 394 g/mol. The first-order valence-corrected chi connectivity index (χ1v) is 12.0. The lowest BCUT2D eigenvalue weighted by Gasteiger charge is -2.54. The van der Waals surface area contributed by atoms with E-state index in [-0.39, 0.29) is 5.91 Å². The molecule has 2 bridgehead atoms. The van der Waals surface area contributed by atoms with Crippen LogP contribution in [-0.2, 0) is 11.3 Å². The number of carbonyl (C=O) groups excluding carboxylic acids is 1. The fourth-order valence-electron chi connectivity index (χ4n) is 6.78. The van der Waals surface area contributed by atoms with E-state index in [4.69, 9.17) is 11.6 Å². The summed E-state index contributed by atoms with van der Waals surface area (Å²) < 4.78 is 2.06. The Morgan fingerprint density at radius 3 is 3.00 bits per heavy atom. The Morgan fingerprint density at radius 2 is 2.07 bits per heavy atom. The second-order valence-corrected chi connectivity index (χ2v) is 10.2. The van der Waals surface area contributed by atoms with Gasteiger partial charge in [0.15, 0.2) is 0 Å². The zero-order valence-corrected chi connectivity index (χ0v) is 18.2. The maximum Gasteiger partial charge on any atom is 0.243 e. The van der Waals surface area contributed by atoms with Crippen molar-refractivity contribution in [1.29, 1.82) is 0 Å². The first-order valence-electron chi connectivity index (χ1n) is 11.7. The van der Waals surface area contributed by atoms with Crippen molar-refractivity contribution in [3.63, 3.8) is 0 Å². The lowest BCUT2D eigenvalue weighted by molar-refractivity contribution is -0.136. The lowest BCUT2D eigenvalue weighted by Crippen LogP contribution is -2.60. The van der Waals surface area contributed by atoms with E-state index in [2.05, 4.69) is 26.5 Å². The van der Waals surface area contributed by atoms with Crippen molar-refractivity contribution in [2.24, 2.45) is 11.8 Å². The zero-order valence-electron chi connectivity index (χ0n) is 17.5. The Hall–Kier alpha value is -1.78. The Labute approximate surface area is 183 Å². The number of aromatic nitrogens is 1. The molecule has 3 fully saturated rings. The average molecular weight is 424 g/mol. The topological polar surface area (TPSA) is 28.5 Å². The number of likely N-dealkylation sites (tertiary alicyclic amines) is 1. The number of fused-ring (bicyclic) bond motifs is 7. The number of carbonyl (C=O) groups is 1. The lowest BCUT2D eigenvalue weighted by atomic mass is 9.68. The van der Waals surface area contributed by atoms with Crippen molar-refractivity contribution in [3.05, 3.63) is 47.1 Å². The van der Waals surface area contributed by atoms with Crippen LogP contribution in [0.1, 0.15) is 38.5 Å². The third-order valence-corrected chi connectivity index (χ3v) is 8.25. The van der Waals surface area contributed by atoms with E-state index in [0.717, 1.165) is 34.9 Å². The molecule has 6 rings (SSSR count). The predicted octanol–water partition coefficient (Wildman–Crippen LogP) is 4.72. The van der Waals surface area contributed by atoms with Crippen LogP contribution in [0.2, 0.25) is 5.02 Å². The van der Waals surface area contributed by atoms with Gasteiger partial charge < -0.3 is 9.47 Å². The minimum Gasteiger partial charge on any atom is -0.338 e. The average Bonchev–Trinajstić information content (AvgIpc) is 3.15. The molecule has 158 valence electrons. The summed E-state index contributed by atoms with van der Waals surface area (Å²) >= 11 is 6.22. The van der Waals surface area contributed by atoms with E-state index in [1.54, 1.807) is 5.57 Å². The van der Waals surface area contributed by atoms with Crippen LogP contribution in [0.5, 0.6) is 0 Å². The van der Waals surface area contributed by atoms with Gasteiger partial charge in [-0.2, -0.15) is 0 Å². The van der Waals surface area contributed by atoms with E-state index in [1.165, 1.54) is 45.2 Å². The van der Waals surface area contributed by atoms with Gasteiger partial charge in [0, 0.05) is 35.9 Å². The van der Waals surface area contributed by atoms with Gasteiger partial charge in [0.1, 0.15) is 6.54 Å². The van der Waals surface area contributed by atoms with Gasteiger partial charge in [-0.1, -0.05) is 35.7 Å². The van der Waals surface area contributed by atoms with Gasteiger partial charge >= 0.3 is 0 Å². The molecule has 30 heavy (non-hydrogen) atoms. The summed E-state index contributed by atoms with van der Waals surface area (Å²) in [7, 11) is 0. The molecule has 1 aliphatic carbocycles. The van der Waals surface area contributed by atoms with E-state index in [0.29, 0.717) is 24.4 Å². The molecule has 4 heterocycles. The smallest absolute Gasteiger partial charge is 0.243 e. The standard InChI is InChI=1S/C25H30ClN3O/c26-21-7-6-17-8-11-28(23(17)14-21)16-24(30)29-10-3-4-18-12-19-13-20(25(18)29)15-27-9-2-1-5-22(19)27/h6-8,11-12,14,19-20,22,25H,1-5,9-10,13,15-16H2/t19-,20-,22+,25+/m0/s1. The van der Waals surface area contributed by atoms with E-state index in [9.17, 15) is 4.79 Å². The molecule has 1 aromatic heterocycles. The van der Waals surface area contributed by atoms with E-state index in [1.807, 2.05) is 24.4 Å². The molecule has 0 spiro atoms. The minimum atomic E-state index is 0.252. The molecule has 1 aromatic carbocycles. The summed E-state index contributed by atoms with van der Waals surface area (Å²) in [5.74, 6) is 1.56. The van der Waals surface area contributed by atoms with Crippen LogP contribution in [0.4, 0.5) is 0 Å². The van der Waals surface area contributed by atoms with Crippen LogP contribution >= 0.6 is 11.6 Å². The quantitative estimate of drug-likeness (QED) is 0.654. The highest BCUT2D eigenvalue weighted by Gasteiger charge is 2.46. The van der Waals surface area contributed by atoms with Crippen molar-refractivity contribution in [3.8, 4) is 0 Å². The Balaban J connectivity index is 1.27. The number of benzene rings is 1. The van der Waals surface area contributed by atoms with Crippen LogP contribution < -0.4 is 0 Å². The fourth-order valence-corrected chi connectivity index (χ4v) is 6.95. The van der Waals surface area contributed by atoms with E-state index >= 15 is 0 Å². The molecule has 0 radical (unpaired) electrons. The third-order valence-electron chi connectivity index (χ3n) is 8.02. The van der Waals surface area contributed by atoms with Crippen LogP contribution in [0.3, 0.4) is 0 Å². The van der Waals surface area contributed by atoms with Gasteiger partial charge in [0.05, 0.1) is 6.04 Å². The van der Waals surface area contributed by atoms with Crippen molar-refractivity contribution in [2.45, 2.75) is 57.2 Å². The number of halogens is 1. The van der Waals surface area contributed by atoms with Gasteiger partial charge in [-0.15, -0.1) is 0 Å². The van der Waals surface area contributed by atoms with Gasteiger partial charge in [-0.25, -0.2) is 0 Å². The first kappa shape index (κ1) is 18.9. The highest BCUT2D eigenvalue weighted by atomic mass is 35.5. The number of amides is 1. The molecule has 4 aliphatic rings. The molecule has 1 amide bonds. The summed E-state index contributed by atoms with van der Waals surface area (Å²) in [6.07, 6.45) is 12.2. The maximum atomic E-state index is 13.5.